The molecule has 1 fully saturated rings. The van der Waals surface area contributed by atoms with E-state index in [-0.39, 0.29) is 19.8 Å². The average Bonchev–Trinajstić information content (AvgIpc) is 3.03. The monoisotopic (exact) mass is 617 g/mol. The molecule has 0 spiro atoms. The fourth-order valence-corrected chi connectivity index (χ4v) is 5.35. The van der Waals surface area contributed by atoms with Crippen molar-refractivity contribution in [3.05, 3.63) is 118 Å². The van der Waals surface area contributed by atoms with Crippen LogP contribution >= 0.6 is 0 Å². The maximum atomic E-state index is 12.4. The maximum absolute atomic E-state index is 12.4. The van der Waals surface area contributed by atoms with E-state index in [1.54, 1.807) is 0 Å². The number of hydrogen-bond acceptors (Lipinski definition) is 10. The number of esters is 3. The second-order valence-electron chi connectivity index (χ2n) is 10.2. The van der Waals surface area contributed by atoms with Gasteiger partial charge in [-0.2, -0.15) is 0 Å². The zero-order valence-electron chi connectivity index (χ0n) is 25.2. The summed E-state index contributed by atoms with van der Waals surface area (Å²) in [5.74, 6) is -2.11. The number of hydrogen-bond donors (Lipinski definition) is 0. The molecule has 5 atom stereocenters. The van der Waals surface area contributed by atoms with E-state index >= 15 is 0 Å². The van der Waals surface area contributed by atoms with Gasteiger partial charge in [0.2, 0.25) is 0 Å². The van der Waals surface area contributed by atoms with E-state index in [0.29, 0.717) is 0 Å². The zero-order chi connectivity index (χ0) is 32.2. The summed E-state index contributed by atoms with van der Waals surface area (Å²) in [6, 6.07) is 28.9. The van der Waals surface area contributed by atoms with Crippen LogP contribution in [0.2, 0.25) is 0 Å². The first-order chi connectivity index (χ1) is 21.8. The number of ether oxygens (including phenoxy) is 6. The molecule has 0 unspecified atom stereocenters. The Labute approximate surface area is 260 Å². The lowest BCUT2D eigenvalue weighted by Gasteiger charge is -2.45. The van der Waals surface area contributed by atoms with Crippen LogP contribution in [0.1, 0.15) is 37.5 Å². The maximum Gasteiger partial charge on any atom is 0.303 e. The first kappa shape index (κ1) is 33.2. The van der Waals surface area contributed by atoms with Crippen molar-refractivity contribution in [1.29, 1.82) is 0 Å². The topological polar surface area (TPSA) is 155 Å². The van der Waals surface area contributed by atoms with Crippen molar-refractivity contribution in [3.8, 4) is 0 Å². The van der Waals surface area contributed by atoms with Crippen molar-refractivity contribution < 1.29 is 42.8 Å². The predicted molar refractivity (Wildman–Crippen MR) is 160 cm³/mol. The molecule has 0 aromatic heterocycles. The molecule has 12 nitrogen and oxygen atoms in total. The van der Waals surface area contributed by atoms with Gasteiger partial charge in [0.25, 0.3) is 0 Å². The van der Waals surface area contributed by atoms with Crippen LogP contribution in [0.3, 0.4) is 0 Å². The third-order valence-corrected chi connectivity index (χ3v) is 7.04. The lowest BCUT2D eigenvalue weighted by molar-refractivity contribution is -0.310. The molecule has 0 radical (unpaired) electrons. The van der Waals surface area contributed by atoms with Crippen molar-refractivity contribution >= 4 is 17.9 Å². The van der Waals surface area contributed by atoms with Crippen LogP contribution < -0.4 is 0 Å². The highest BCUT2D eigenvalue weighted by Gasteiger charge is 2.53. The van der Waals surface area contributed by atoms with Crippen LogP contribution in [-0.4, -0.2) is 68.4 Å². The molecule has 0 aliphatic carbocycles. The van der Waals surface area contributed by atoms with Gasteiger partial charge >= 0.3 is 17.9 Å². The van der Waals surface area contributed by atoms with Gasteiger partial charge in [0, 0.05) is 32.2 Å². The molecular weight excluding hydrogens is 582 g/mol. The van der Waals surface area contributed by atoms with E-state index in [2.05, 4.69) is 10.0 Å². The number of carbonyl (C=O) groups is 3. The summed E-state index contributed by atoms with van der Waals surface area (Å²) >= 11 is 0. The number of carbonyl (C=O) groups excluding carboxylic acids is 3. The number of rotatable bonds is 13. The van der Waals surface area contributed by atoms with E-state index in [4.69, 9.17) is 34.0 Å². The van der Waals surface area contributed by atoms with Crippen molar-refractivity contribution in [2.45, 2.75) is 57.1 Å². The Kier molecular flexibility index (Phi) is 11.7. The van der Waals surface area contributed by atoms with Crippen molar-refractivity contribution in [2.24, 2.45) is 5.11 Å². The molecule has 3 aromatic rings. The number of nitrogens with zero attached hydrogens (tertiary/aromatic N) is 3. The van der Waals surface area contributed by atoms with E-state index < -0.39 is 54.2 Å². The second-order valence-corrected chi connectivity index (χ2v) is 10.2. The molecule has 1 saturated heterocycles. The van der Waals surface area contributed by atoms with Gasteiger partial charge < -0.3 is 28.4 Å². The zero-order valence-corrected chi connectivity index (χ0v) is 25.2. The minimum atomic E-state index is -1.32. The normalized spacial score (nSPS) is 21.2. The summed E-state index contributed by atoms with van der Waals surface area (Å²) in [7, 11) is 0. The predicted octanol–water partition coefficient (Wildman–Crippen LogP) is 4.84. The smallest absolute Gasteiger partial charge is 0.303 e. The van der Waals surface area contributed by atoms with E-state index in [1.807, 2.05) is 91.0 Å². The van der Waals surface area contributed by atoms with Gasteiger partial charge in [0.15, 0.2) is 24.6 Å². The molecule has 236 valence electrons. The summed E-state index contributed by atoms with van der Waals surface area (Å²) in [5, 5.41) is 3.47. The molecule has 0 bridgehead atoms. The molecule has 0 saturated carbocycles. The first-order valence-corrected chi connectivity index (χ1v) is 14.4. The fourth-order valence-electron chi connectivity index (χ4n) is 5.35. The van der Waals surface area contributed by atoms with Crippen LogP contribution in [0, 0.1) is 0 Å². The summed E-state index contributed by atoms with van der Waals surface area (Å²) < 4.78 is 35.8. The number of benzene rings is 3. The van der Waals surface area contributed by atoms with Gasteiger partial charge in [0.05, 0.1) is 13.2 Å². The third kappa shape index (κ3) is 8.25. The lowest BCUT2D eigenvalue weighted by atomic mass is 9.80. The van der Waals surface area contributed by atoms with Gasteiger partial charge in [-0.1, -0.05) is 96.1 Å². The van der Waals surface area contributed by atoms with Crippen LogP contribution in [0.4, 0.5) is 0 Å². The van der Waals surface area contributed by atoms with Gasteiger partial charge in [0.1, 0.15) is 11.7 Å². The van der Waals surface area contributed by atoms with E-state index in [9.17, 15) is 14.4 Å². The van der Waals surface area contributed by atoms with Crippen LogP contribution in [0.15, 0.2) is 96.1 Å². The van der Waals surface area contributed by atoms with Crippen LogP contribution in [0.25, 0.3) is 10.4 Å². The van der Waals surface area contributed by atoms with Gasteiger partial charge in [-0.05, 0) is 22.2 Å². The summed E-state index contributed by atoms with van der Waals surface area (Å²) in [4.78, 5) is 39.5. The van der Waals surface area contributed by atoms with Crippen LogP contribution in [-0.2, 0) is 48.4 Å². The molecule has 0 N–H and O–H groups in total. The Morgan fingerprint density at radius 3 is 1.62 bits per heavy atom. The summed E-state index contributed by atoms with van der Waals surface area (Å²) in [5.41, 5.74) is 9.98. The van der Waals surface area contributed by atoms with E-state index in [1.165, 1.54) is 20.8 Å². The number of azide groups is 1. The third-order valence-electron chi connectivity index (χ3n) is 7.04. The second kappa shape index (κ2) is 15.8. The van der Waals surface area contributed by atoms with E-state index in [0.717, 1.165) is 16.7 Å². The largest absolute Gasteiger partial charge is 0.456 e. The molecule has 4 rings (SSSR count). The first-order valence-electron chi connectivity index (χ1n) is 14.4. The lowest BCUT2D eigenvalue weighted by Crippen LogP contribution is -2.63. The van der Waals surface area contributed by atoms with Gasteiger partial charge in [-0.3, -0.25) is 14.4 Å². The Bertz CT molecular complexity index is 1370. The van der Waals surface area contributed by atoms with Crippen LogP contribution in [0.5, 0.6) is 0 Å². The SMILES string of the molecule is CC(=O)O[C@H]1[C@@H](OC(C)=O)[C@@H](COC(c2ccccc2)(c2ccccc2)c2ccccc2)O[C@H](OCCN=[N+]=[N-])[C@@H]1OC(C)=O. The molecular formula is C33H35N3O9. The Hall–Kier alpha value is -4.74. The minimum Gasteiger partial charge on any atom is -0.456 e. The Balaban J connectivity index is 1.80. The molecule has 1 heterocycles. The molecule has 1 aliphatic heterocycles. The fraction of sp³-hybridized carbons (Fsp3) is 0.364. The quantitative estimate of drug-likeness (QED) is 0.0498. The molecule has 3 aromatic carbocycles. The highest BCUT2D eigenvalue weighted by Crippen LogP contribution is 2.41. The van der Waals surface area contributed by atoms with Crippen molar-refractivity contribution in [3.63, 3.8) is 0 Å². The Morgan fingerprint density at radius 1 is 0.733 bits per heavy atom. The molecule has 0 amide bonds. The van der Waals surface area contributed by atoms with Gasteiger partial charge in [-0.25, -0.2) is 0 Å². The Morgan fingerprint density at radius 2 is 1.18 bits per heavy atom. The van der Waals surface area contributed by atoms with Gasteiger partial charge in [-0.15, -0.1) is 0 Å². The molecule has 1 aliphatic rings. The molecule has 12 heteroatoms. The highest BCUT2D eigenvalue weighted by molar-refractivity contribution is 5.68. The standard InChI is InChI=1S/C33H35N3O9/c1-22(37)42-29-28(45-32(40-20-19-35-36-34)31(44-24(3)39)30(29)43-23(2)38)21-41-33(25-13-7-4-8-14-25,26-15-9-5-10-16-26)27-17-11-6-12-18-27/h4-18,28-32H,19-21H2,1-3H3/t28-,29+,30+,31-,32+/m1/s1. The van der Waals surface area contributed by atoms with Crippen molar-refractivity contribution in [2.75, 3.05) is 19.8 Å². The minimum absolute atomic E-state index is 0.0466. The summed E-state index contributed by atoms with van der Waals surface area (Å²) in [6.45, 7) is 3.21. The average molecular weight is 618 g/mol. The highest BCUT2D eigenvalue weighted by atomic mass is 16.7. The van der Waals surface area contributed by atoms with Crippen molar-refractivity contribution in [1.82, 2.24) is 0 Å². The summed E-state index contributed by atoms with van der Waals surface area (Å²) in [6.07, 6.45) is -6.27. The molecule has 45 heavy (non-hydrogen) atoms.